The molecule has 0 unspecified atom stereocenters. The zero-order valence-corrected chi connectivity index (χ0v) is 11.8. The summed E-state index contributed by atoms with van der Waals surface area (Å²) in [5.74, 6) is 0. The van der Waals surface area contributed by atoms with Crippen LogP contribution in [0.4, 0.5) is 0 Å². The molecule has 0 heteroatoms. The van der Waals surface area contributed by atoms with Gasteiger partial charge in [0.15, 0.2) is 0 Å². The molecule has 0 rings (SSSR count). The Kier molecular flexibility index (Phi) is 15.0. The molecule has 97 valence electrons. The van der Waals surface area contributed by atoms with E-state index < -0.39 is 0 Å². The zero-order chi connectivity index (χ0) is 11.9. The van der Waals surface area contributed by atoms with Crippen molar-refractivity contribution in [2.75, 3.05) is 0 Å². The molecular weight excluding hydrogens is 192 g/mol. The van der Waals surface area contributed by atoms with Gasteiger partial charge in [0.05, 0.1) is 0 Å². The predicted molar refractivity (Wildman–Crippen MR) is 75.7 cm³/mol. The molecule has 0 aromatic carbocycles. The SMILES string of the molecule is CCCCCCC[CH]CCCCCCCC. The molecule has 0 aromatic rings. The Hall–Kier alpha value is 0. The van der Waals surface area contributed by atoms with Gasteiger partial charge in [0.1, 0.15) is 0 Å². The topological polar surface area (TPSA) is 0 Å². The maximum Gasteiger partial charge on any atom is -0.0386 e. The Morgan fingerprint density at radius 3 is 1.31 bits per heavy atom. The van der Waals surface area contributed by atoms with Crippen LogP contribution in [0.3, 0.4) is 0 Å². The van der Waals surface area contributed by atoms with Crippen LogP contribution in [-0.2, 0) is 0 Å². The lowest BCUT2D eigenvalue weighted by Crippen LogP contribution is -1.83. The summed E-state index contributed by atoms with van der Waals surface area (Å²) in [6, 6.07) is 0. The van der Waals surface area contributed by atoms with Crippen molar-refractivity contribution in [1.29, 1.82) is 0 Å². The third-order valence-corrected chi connectivity index (χ3v) is 3.27. The third-order valence-electron chi connectivity index (χ3n) is 3.27. The van der Waals surface area contributed by atoms with Gasteiger partial charge in [0.25, 0.3) is 0 Å². The fourth-order valence-corrected chi connectivity index (χ4v) is 2.11. The summed E-state index contributed by atoms with van der Waals surface area (Å²) >= 11 is 0. The van der Waals surface area contributed by atoms with Crippen molar-refractivity contribution in [3.63, 3.8) is 0 Å². The second-order valence-corrected chi connectivity index (χ2v) is 5.05. The van der Waals surface area contributed by atoms with Crippen LogP contribution < -0.4 is 0 Å². The summed E-state index contributed by atoms with van der Waals surface area (Å²) in [7, 11) is 0. The molecule has 16 heavy (non-hydrogen) atoms. The van der Waals surface area contributed by atoms with Crippen LogP contribution in [0.1, 0.15) is 97.3 Å². The van der Waals surface area contributed by atoms with Crippen LogP contribution in [0.5, 0.6) is 0 Å². The predicted octanol–water partition coefficient (Wildman–Crippen LogP) is 6.30. The number of hydrogen-bond donors (Lipinski definition) is 0. The van der Waals surface area contributed by atoms with E-state index in [1.807, 2.05) is 0 Å². The normalized spacial score (nSPS) is 10.9. The van der Waals surface area contributed by atoms with Gasteiger partial charge in [-0.2, -0.15) is 0 Å². The van der Waals surface area contributed by atoms with E-state index in [4.69, 9.17) is 0 Å². The number of rotatable bonds is 13. The molecule has 0 atom stereocenters. The summed E-state index contributed by atoms with van der Waals surface area (Å²) in [5, 5.41) is 0. The van der Waals surface area contributed by atoms with E-state index in [9.17, 15) is 0 Å². The Morgan fingerprint density at radius 1 is 0.500 bits per heavy atom. The maximum absolute atomic E-state index is 2.52. The summed E-state index contributed by atoms with van der Waals surface area (Å²) in [5.41, 5.74) is 0. The minimum absolute atomic E-state index is 1.36. The van der Waals surface area contributed by atoms with Crippen LogP contribution in [0, 0.1) is 6.42 Å². The van der Waals surface area contributed by atoms with E-state index in [0.29, 0.717) is 0 Å². The van der Waals surface area contributed by atoms with Crippen LogP contribution in [0.2, 0.25) is 0 Å². The molecule has 1 radical (unpaired) electrons. The summed E-state index contributed by atoms with van der Waals surface area (Å²) in [4.78, 5) is 0. The van der Waals surface area contributed by atoms with Gasteiger partial charge in [-0.1, -0.05) is 97.3 Å². The van der Waals surface area contributed by atoms with Crippen molar-refractivity contribution in [3.8, 4) is 0 Å². The lowest BCUT2D eigenvalue weighted by Gasteiger charge is -2.02. The van der Waals surface area contributed by atoms with Crippen LogP contribution >= 0.6 is 0 Å². The van der Waals surface area contributed by atoms with E-state index in [0.717, 1.165) is 0 Å². The summed E-state index contributed by atoms with van der Waals surface area (Å²) in [6.07, 6.45) is 20.9. The number of unbranched alkanes of at least 4 members (excludes halogenated alkanes) is 13. The highest BCUT2D eigenvalue weighted by molar-refractivity contribution is 4.64. The second-order valence-electron chi connectivity index (χ2n) is 5.05. The van der Waals surface area contributed by atoms with Crippen LogP contribution in [-0.4, -0.2) is 0 Å². The molecule has 0 aromatic heterocycles. The molecule has 0 amide bonds. The Balaban J connectivity index is 2.83. The Bertz CT molecular complexity index is 92.6. The first kappa shape index (κ1) is 16.0. The highest BCUT2D eigenvalue weighted by atomic mass is 14.0. The fourth-order valence-electron chi connectivity index (χ4n) is 2.11. The highest BCUT2D eigenvalue weighted by Gasteiger charge is 1.93. The van der Waals surface area contributed by atoms with E-state index in [-0.39, 0.29) is 0 Å². The van der Waals surface area contributed by atoms with Crippen LogP contribution in [0.15, 0.2) is 0 Å². The molecule has 0 aliphatic rings. The molecule has 0 nitrogen and oxygen atoms in total. The number of hydrogen-bond acceptors (Lipinski definition) is 0. The van der Waals surface area contributed by atoms with Gasteiger partial charge in [-0.15, -0.1) is 0 Å². The standard InChI is InChI=1S/C16H33/c1-3-5-7-9-11-13-15-16-14-12-10-8-6-4-2/h15H,3-14,16H2,1-2H3. The van der Waals surface area contributed by atoms with E-state index >= 15 is 0 Å². The maximum atomic E-state index is 2.52. The zero-order valence-electron chi connectivity index (χ0n) is 11.8. The van der Waals surface area contributed by atoms with Crippen molar-refractivity contribution in [3.05, 3.63) is 6.42 Å². The van der Waals surface area contributed by atoms with E-state index in [2.05, 4.69) is 20.3 Å². The molecule has 0 heterocycles. The lowest BCUT2D eigenvalue weighted by molar-refractivity contribution is 0.587. The van der Waals surface area contributed by atoms with Gasteiger partial charge < -0.3 is 0 Å². The third kappa shape index (κ3) is 14.0. The molecule has 0 saturated heterocycles. The minimum atomic E-state index is 1.36. The molecule has 0 spiro atoms. The van der Waals surface area contributed by atoms with Crippen molar-refractivity contribution < 1.29 is 0 Å². The fraction of sp³-hybridized carbons (Fsp3) is 0.938. The molecule has 0 N–H and O–H groups in total. The van der Waals surface area contributed by atoms with E-state index in [1.165, 1.54) is 83.5 Å². The van der Waals surface area contributed by atoms with Crippen molar-refractivity contribution in [2.45, 2.75) is 97.3 Å². The molecular formula is C16H33. The van der Waals surface area contributed by atoms with Gasteiger partial charge in [0, 0.05) is 0 Å². The van der Waals surface area contributed by atoms with Gasteiger partial charge in [-0.05, 0) is 6.42 Å². The smallest absolute Gasteiger partial charge is 0.0386 e. The van der Waals surface area contributed by atoms with Crippen molar-refractivity contribution >= 4 is 0 Å². The molecule has 0 bridgehead atoms. The quantitative estimate of drug-likeness (QED) is 0.323. The first-order valence-electron chi connectivity index (χ1n) is 7.73. The van der Waals surface area contributed by atoms with Crippen molar-refractivity contribution in [2.24, 2.45) is 0 Å². The van der Waals surface area contributed by atoms with Gasteiger partial charge in [-0.25, -0.2) is 0 Å². The molecule has 0 aliphatic carbocycles. The average molecular weight is 225 g/mol. The van der Waals surface area contributed by atoms with Gasteiger partial charge >= 0.3 is 0 Å². The van der Waals surface area contributed by atoms with Gasteiger partial charge in [-0.3, -0.25) is 0 Å². The minimum Gasteiger partial charge on any atom is -0.0654 e. The first-order valence-corrected chi connectivity index (χ1v) is 7.73. The second kappa shape index (κ2) is 15.0. The van der Waals surface area contributed by atoms with E-state index in [1.54, 1.807) is 0 Å². The lowest BCUT2D eigenvalue weighted by atomic mass is 10.0. The van der Waals surface area contributed by atoms with Crippen molar-refractivity contribution in [1.82, 2.24) is 0 Å². The van der Waals surface area contributed by atoms with Crippen LogP contribution in [0.25, 0.3) is 0 Å². The monoisotopic (exact) mass is 225 g/mol. The Labute approximate surface area is 104 Å². The first-order chi connectivity index (χ1) is 7.91. The average Bonchev–Trinajstić information content (AvgIpc) is 2.31. The van der Waals surface area contributed by atoms with Gasteiger partial charge in [0.2, 0.25) is 0 Å². The molecule has 0 saturated carbocycles. The summed E-state index contributed by atoms with van der Waals surface area (Å²) < 4.78 is 0. The Morgan fingerprint density at radius 2 is 0.875 bits per heavy atom. The molecule has 0 fully saturated rings. The summed E-state index contributed by atoms with van der Waals surface area (Å²) in [6.45, 7) is 4.57. The largest absolute Gasteiger partial charge is 0.0654 e. The molecule has 0 aliphatic heterocycles. The highest BCUT2D eigenvalue weighted by Crippen LogP contribution is 2.11.